The lowest BCUT2D eigenvalue weighted by Gasteiger charge is -2.26. The molecule has 0 saturated heterocycles. The Morgan fingerprint density at radius 1 is 0.604 bits per heavy atom. The van der Waals surface area contributed by atoms with Crippen molar-refractivity contribution >= 4 is 54.8 Å². The molecular formula is C48H46N4O. The van der Waals surface area contributed by atoms with Gasteiger partial charge >= 0.3 is 0 Å². The van der Waals surface area contributed by atoms with Crippen LogP contribution in [0, 0.1) is 0 Å². The molecule has 0 atom stereocenters. The average Bonchev–Trinajstić information content (AvgIpc) is 3.81. The van der Waals surface area contributed by atoms with Crippen molar-refractivity contribution in [3.63, 3.8) is 0 Å². The van der Waals surface area contributed by atoms with Gasteiger partial charge in [-0.3, -0.25) is 4.98 Å². The molecule has 53 heavy (non-hydrogen) atoms. The van der Waals surface area contributed by atoms with Gasteiger partial charge in [-0.25, -0.2) is 4.98 Å². The molecule has 0 aliphatic heterocycles. The zero-order chi connectivity index (χ0) is 37.0. The molecule has 0 bridgehead atoms. The molecule has 0 spiro atoms. The highest BCUT2D eigenvalue weighted by Crippen LogP contribution is 2.44. The Morgan fingerprint density at radius 3 is 2.09 bits per heavy atom. The minimum absolute atomic E-state index is 0.0427. The Labute approximate surface area is 310 Å². The van der Waals surface area contributed by atoms with Gasteiger partial charge in [0.1, 0.15) is 17.0 Å². The highest BCUT2D eigenvalue weighted by Gasteiger charge is 2.28. The van der Waals surface area contributed by atoms with Crippen LogP contribution in [0.15, 0.2) is 114 Å². The SMILES string of the molecule is CC(C)(C)c1ccc2[nH]c3c(-c4nc5c(-c6cc(-c7ccccn7)c7oc8ccccc8c7c6)cccc5n4C(C)(C)C)cc(C(C)(C)C)cc3c2c1. The first-order valence-corrected chi connectivity index (χ1v) is 18.7. The summed E-state index contributed by atoms with van der Waals surface area (Å²) in [6.07, 6.45) is 1.84. The van der Waals surface area contributed by atoms with Gasteiger partial charge in [0, 0.05) is 55.5 Å². The normalized spacial score (nSPS) is 13.0. The van der Waals surface area contributed by atoms with Gasteiger partial charge < -0.3 is 14.0 Å². The number of hydrogen-bond donors (Lipinski definition) is 1. The summed E-state index contributed by atoms with van der Waals surface area (Å²) in [5, 5.41) is 4.64. The van der Waals surface area contributed by atoms with Crippen molar-refractivity contribution in [2.75, 3.05) is 0 Å². The van der Waals surface area contributed by atoms with Crippen LogP contribution in [-0.2, 0) is 16.4 Å². The fourth-order valence-corrected chi connectivity index (χ4v) is 7.96. The molecule has 9 aromatic rings. The van der Waals surface area contributed by atoms with E-state index in [0.29, 0.717) is 0 Å². The fourth-order valence-electron chi connectivity index (χ4n) is 7.96. The molecule has 4 aromatic heterocycles. The van der Waals surface area contributed by atoms with E-state index < -0.39 is 0 Å². The minimum atomic E-state index is -0.262. The van der Waals surface area contributed by atoms with Crippen LogP contribution in [0.4, 0.5) is 0 Å². The third-order valence-corrected chi connectivity index (χ3v) is 10.8. The topological polar surface area (TPSA) is 59.6 Å². The van der Waals surface area contributed by atoms with Crippen LogP contribution >= 0.6 is 0 Å². The van der Waals surface area contributed by atoms with Crippen molar-refractivity contribution in [1.82, 2.24) is 19.5 Å². The van der Waals surface area contributed by atoms with Gasteiger partial charge in [0.05, 0.1) is 22.2 Å². The second-order valence-electron chi connectivity index (χ2n) is 17.7. The molecular weight excluding hydrogens is 649 g/mol. The fraction of sp³-hybridized carbons (Fsp3) is 0.250. The summed E-state index contributed by atoms with van der Waals surface area (Å²) in [7, 11) is 0. The van der Waals surface area contributed by atoms with Crippen molar-refractivity contribution in [2.24, 2.45) is 0 Å². The molecule has 0 unspecified atom stereocenters. The average molecular weight is 695 g/mol. The maximum absolute atomic E-state index is 6.51. The zero-order valence-electron chi connectivity index (χ0n) is 32.1. The maximum Gasteiger partial charge on any atom is 0.144 e. The van der Waals surface area contributed by atoms with Crippen molar-refractivity contribution < 1.29 is 4.42 Å². The number of pyridine rings is 1. The van der Waals surface area contributed by atoms with E-state index in [9.17, 15) is 0 Å². The molecule has 4 heterocycles. The second-order valence-corrected chi connectivity index (χ2v) is 17.7. The lowest BCUT2D eigenvalue weighted by molar-refractivity contribution is 0.413. The third-order valence-electron chi connectivity index (χ3n) is 10.8. The molecule has 5 aromatic carbocycles. The lowest BCUT2D eigenvalue weighted by atomic mass is 9.84. The zero-order valence-corrected chi connectivity index (χ0v) is 32.1. The van der Waals surface area contributed by atoms with Gasteiger partial charge in [0.25, 0.3) is 0 Å². The van der Waals surface area contributed by atoms with Crippen molar-refractivity contribution in [3.05, 3.63) is 120 Å². The van der Waals surface area contributed by atoms with Crippen LogP contribution in [0.5, 0.6) is 0 Å². The van der Waals surface area contributed by atoms with Gasteiger partial charge in [-0.2, -0.15) is 0 Å². The number of hydrogen-bond acceptors (Lipinski definition) is 3. The quantitative estimate of drug-likeness (QED) is 0.200. The molecule has 0 radical (unpaired) electrons. The summed E-state index contributed by atoms with van der Waals surface area (Å²) >= 11 is 0. The summed E-state index contributed by atoms with van der Waals surface area (Å²) < 4.78 is 8.94. The van der Waals surface area contributed by atoms with E-state index in [4.69, 9.17) is 14.4 Å². The van der Waals surface area contributed by atoms with E-state index >= 15 is 0 Å². The van der Waals surface area contributed by atoms with E-state index in [-0.39, 0.29) is 16.4 Å². The number of aromatic nitrogens is 4. The monoisotopic (exact) mass is 694 g/mol. The molecule has 0 aliphatic rings. The molecule has 5 nitrogen and oxygen atoms in total. The van der Waals surface area contributed by atoms with E-state index in [1.54, 1.807) is 0 Å². The highest BCUT2D eigenvalue weighted by atomic mass is 16.3. The summed E-state index contributed by atoms with van der Waals surface area (Å²) in [4.78, 5) is 14.3. The number of benzene rings is 5. The second kappa shape index (κ2) is 11.4. The number of H-pyrrole nitrogens is 1. The molecule has 9 rings (SSSR count). The number of para-hydroxylation sites is 2. The summed E-state index contributed by atoms with van der Waals surface area (Å²) in [6, 6.07) is 37.0. The van der Waals surface area contributed by atoms with Crippen LogP contribution in [-0.4, -0.2) is 19.5 Å². The van der Waals surface area contributed by atoms with Gasteiger partial charge in [-0.05, 0) is 109 Å². The Kier molecular flexibility index (Phi) is 7.14. The number of imidazole rings is 1. The summed E-state index contributed by atoms with van der Waals surface area (Å²) in [6.45, 7) is 20.6. The minimum Gasteiger partial charge on any atom is -0.455 e. The molecule has 0 aliphatic carbocycles. The Balaban J connectivity index is 1.36. The summed E-state index contributed by atoms with van der Waals surface area (Å²) in [5.41, 5.74) is 13.5. The number of aromatic amines is 1. The molecule has 0 fully saturated rings. The first kappa shape index (κ1) is 33.2. The van der Waals surface area contributed by atoms with Gasteiger partial charge in [-0.1, -0.05) is 84.0 Å². The van der Waals surface area contributed by atoms with Crippen molar-refractivity contribution in [2.45, 2.75) is 78.7 Å². The standard InChI is InChI=1S/C48H46N4O/c1-46(2,3)29-20-21-39-33(25-29)34-26-30(47(4,5)6)27-37(42(34)50-39)45-51-43-31(16-14-18-40(43)52(45)48(7,8)9)28-23-35-32-15-10-11-19-41(32)53-44(35)36(24-28)38-17-12-13-22-49-38/h10-27,50H,1-9H3. The van der Waals surface area contributed by atoms with Crippen molar-refractivity contribution in [3.8, 4) is 33.8 Å². The smallest absolute Gasteiger partial charge is 0.144 e. The van der Waals surface area contributed by atoms with Crippen molar-refractivity contribution in [1.29, 1.82) is 0 Å². The van der Waals surface area contributed by atoms with E-state index in [2.05, 4.69) is 151 Å². The van der Waals surface area contributed by atoms with Crippen LogP contribution in [0.1, 0.15) is 73.4 Å². The van der Waals surface area contributed by atoms with Crippen LogP contribution in [0.3, 0.4) is 0 Å². The first-order valence-electron chi connectivity index (χ1n) is 18.7. The molecule has 0 amide bonds. The predicted molar refractivity (Wildman–Crippen MR) is 223 cm³/mol. The van der Waals surface area contributed by atoms with E-state index in [0.717, 1.165) is 77.8 Å². The van der Waals surface area contributed by atoms with E-state index in [1.165, 1.54) is 21.9 Å². The first-order chi connectivity index (χ1) is 25.2. The number of nitrogens with one attached hydrogen (secondary N) is 1. The number of nitrogens with zero attached hydrogens (tertiary/aromatic N) is 3. The predicted octanol–water partition coefficient (Wildman–Crippen LogP) is 13.3. The lowest BCUT2D eigenvalue weighted by Crippen LogP contribution is -2.23. The molecule has 264 valence electrons. The van der Waals surface area contributed by atoms with Crippen LogP contribution in [0.2, 0.25) is 0 Å². The summed E-state index contributed by atoms with van der Waals surface area (Å²) in [5.74, 6) is 0.957. The van der Waals surface area contributed by atoms with Gasteiger partial charge in [0.2, 0.25) is 0 Å². The number of fused-ring (bicyclic) bond motifs is 7. The third kappa shape index (κ3) is 5.36. The maximum atomic E-state index is 6.51. The van der Waals surface area contributed by atoms with E-state index in [1.807, 2.05) is 30.5 Å². The highest BCUT2D eigenvalue weighted by molar-refractivity contribution is 6.14. The molecule has 1 N–H and O–H groups in total. The Hall–Kier alpha value is -5.68. The van der Waals surface area contributed by atoms with Crippen LogP contribution in [0.25, 0.3) is 88.5 Å². The van der Waals surface area contributed by atoms with Crippen LogP contribution < -0.4 is 0 Å². The van der Waals surface area contributed by atoms with Gasteiger partial charge in [-0.15, -0.1) is 0 Å². The Bertz CT molecular complexity index is 2880. The van der Waals surface area contributed by atoms with Gasteiger partial charge in [0.15, 0.2) is 0 Å². The number of rotatable bonds is 3. The molecule has 5 heteroatoms. The largest absolute Gasteiger partial charge is 0.455 e. The number of furan rings is 1. The Morgan fingerprint density at radius 2 is 1.36 bits per heavy atom. The molecule has 0 saturated carbocycles.